The number of hydrogen-bond donors (Lipinski definition) is 0. The molecule has 0 amide bonds. The number of rotatable bonds is 3. The first kappa shape index (κ1) is 12.1. The standard InChI is InChI=1S/C12H14BrN3O/c1-3-10-12(13)11(15(2)14-10)8-16-6-4-9(17)5-7-16/h4-7H,3,8H2,1-2H3. The van der Waals surface area contributed by atoms with Crippen LogP contribution in [-0.4, -0.2) is 14.3 Å². The number of nitrogens with zero attached hydrogens (tertiary/aromatic N) is 3. The van der Waals surface area contributed by atoms with Crippen molar-refractivity contribution >= 4 is 15.9 Å². The largest absolute Gasteiger partial charge is 0.348 e. The van der Waals surface area contributed by atoms with Crippen LogP contribution in [0.2, 0.25) is 0 Å². The molecule has 0 aromatic carbocycles. The zero-order valence-electron chi connectivity index (χ0n) is 9.85. The van der Waals surface area contributed by atoms with Crippen LogP contribution < -0.4 is 5.43 Å². The summed E-state index contributed by atoms with van der Waals surface area (Å²) in [4.78, 5) is 11.0. The molecule has 0 saturated carbocycles. The average Bonchev–Trinajstić information content (AvgIpc) is 2.59. The topological polar surface area (TPSA) is 39.8 Å². The molecule has 0 radical (unpaired) electrons. The monoisotopic (exact) mass is 295 g/mol. The summed E-state index contributed by atoms with van der Waals surface area (Å²) in [6, 6.07) is 3.12. The summed E-state index contributed by atoms with van der Waals surface area (Å²) < 4.78 is 4.89. The summed E-state index contributed by atoms with van der Waals surface area (Å²) in [5, 5.41) is 4.44. The van der Waals surface area contributed by atoms with Gasteiger partial charge in [0.25, 0.3) is 0 Å². The van der Waals surface area contributed by atoms with Crippen molar-refractivity contribution in [3.8, 4) is 0 Å². The van der Waals surface area contributed by atoms with Crippen LogP contribution in [0.4, 0.5) is 0 Å². The van der Waals surface area contributed by atoms with Gasteiger partial charge >= 0.3 is 0 Å². The lowest BCUT2D eigenvalue weighted by Crippen LogP contribution is -2.08. The van der Waals surface area contributed by atoms with Crippen molar-refractivity contribution in [1.82, 2.24) is 14.3 Å². The van der Waals surface area contributed by atoms with Crippen LogP contribution in [0, 0.1) is 0 Å². The molecular formula is C12H14BrN3O. The van der Waals surface area contributed by atoms with Crippen molar-refractivity contribution < 1.29 is 0 Å². The van der Waals surface area contributed by atoms with E-state index in [1.807, 2.05) is 16.3 Å². The summed E-state index contributed by atoms with van der Waals surface area (Å²) in [7, 11) is 1.93. The zero-order chi connectivity index (χ0) is 12.4. The van der Waals surface area contributed by atoms with Gasteiger partial charge in [0.15, 0.2) is 5.43 Å². The van der Waals surface area contributed by atoms with Crippen molar-refractivity contribution in [3.05, 3.63) is 50.6 Å². The number of hydrogen-bond acceptors (Lipinski definition) is 2. The lowest BCUT2D eigenvalue weighted by molar-refractivity contribution is 0.657. The van der Waals surface area contributed by atoms with Crippen LogP contribution in [0.3, 0.4) is 0 Å². The normalized spacial score (nSPS) is 10.8. The Morgan fingerprint density at radius 3 is 2.53 bits per heavy atom. The first-order valence-corrected chi connectivity index (χ1v) is 6.27. The predicted octanol–water partition coefficient (Wildman–Crippen LogP) is 1.96. The SMILES string of the molecule is CCc1nn(C)c(Cn2ccc(=O)cc2)c1Br. The lowest BCUT2D eigenvalue weighted by Gasteiger charge is -2.06. The molecule has 0 aliphatic rings. The Hall–Kier alpha value is -1.36. The molecule has 0 spiro atoms. The number of aryl methyl sites for hydroxylation is 2. The summed E-state index contributed by atoms with van der Waals surface area (Å²) in [5.74, 6) is 0. The van der Waals surface area contributed by atoms with E-state index in [1.54, 1.807) is 24.5 Å². The molecule has 0 bridgehead atoms. The van der Waals surface area contributed by atoms with Crippen molar-refractivity contribution in [1.29, 1.82) is 0 Å². The minimum absolute atomic E-state index is 0.0274. The smallest absolute Gasteiger partial charge is 0.181 e. The quantitative estimate of drug-likeness (QED) is 0.868. The maximum absolute atomic E-state index is 11.0. The Morgan fingerprint density at radius 1 is 1.35 bits per heavy atom. The van der Waals surface area contributed by atoms with Crippen molar-refractivity contribution in [3.63, 3.8) is 0 Å². The fourth-order valence-corrected chi connectivity index (χ4v) is 2.46. The molecule has 2 rings (SSSR count). The fourth-order valence-electron chi connectivity index (χ4n) is 1.71. The van der Waals surface area contributed by atoms with E-state index in [2.05, 4.69) is 28.0 Å². The third-order valence-corrected chi connectivity index (χ3v) is 3.61. The van der Waals surface area contributed by atoms with E-state index in [-0.39, 0.29) is 5.43 Å². The van der Waals surface area contributed by atoms with Gasteiger partial charge < -0.3 is 4.57 Å². The molecule has 0 unspecified atom stereocenters. The predicted molar refractivity (Wildman–Crippen MR) is 70.1 cm³/mol. The molecule has 2 heterocycles. The lowest BCUT2D eigenvalue weighted by atomic mass is 10.3. The first-order valence-electron chi connectivity index (χ1n) is 5.48. The van der Waals surface area contributed by atoms with E-state index in [4.69, 9.17) is 0 Å². The molecule has 2 aromatic rings. The van der Waals surface area contributed by atoms with Crippen molar-refractivity contribution in [2.24, 2.45) is 7.05 Å². The van der Waals surface area contributed by atoms with Crippen molar-refractivity contribution in [2.75, 3.05) is 0 Å². The van der Waals surface area contributed by atoms with Crippen molar-refractivity contribution in [2.45, 2.75) is 19.9 Å². The Labute approximate surface area is 108 Å². The molecular weight excluding hydrogens is 282 g/mol. The van der Waals surface area contributed by atoms with E-state index in [0.29, 0.717) is 6.54 Å². The van der Waals surface area contributed by atoms with Gasteiger partial charge in [-0.1, -0.05) is 6.92 Å². The highest BCUT2D eigenvalue weighted by atomic mass is 79.9. The highest BCUT2D eigenvalue weighted by Crippen LogP contribution is 2.22. The Bertz CT molecular complexity index is 565. The molecule has 0 saturated heterocycles. The second-order valence-electron chi connectivity index (χ2n) is 3.89. The fraction of sp³-hybridized carbons (Fsp3) is 0.333. The van der Waals surface area contributed by atoms with E-state index in [0.717, 1.165) is 22.3 Å². The molecule has 0 aliphatic carbocycles. The molecule has 5 heteroatoms. The van der Waals surface area contributed by atoms with Gasteiger partial charge in [-0.25, -0.2) is 0 Å². The molecule has 0 N–H and O–H groups in total. The van der Waals surface area contributed by atoms with Crippen LogP contribution in [0.5, 0.6) is 0 Å². The van der Waals surface area contributed by atoms with Gasteiger partial charge in [0.2, 0.25) is 0 Å². The van der Waals surface area contributed by atoms with Gasteiger partial charge in [-0.05, 0) is 22.4 Å². The second kappa shape index (κ2) is 4.87. The number of halogens is 1. The number of aromatic nitrogens is 3. The molecule has 4 nitrogen and oxygen atoms in total. The summed E-state index contributed by atoms with van der Waals surface area (Å²) in [6.45, 7) is 2.78. The van der Waals surface area contributed by atoms with Gasteiger partial charge in [0, 0.05) is 31.6 Å². The Balaban J connectivity index is 2.32. The third-order valence-electron chi connectivity index (χ3n) is 2.70. The third kappa shape index (κ3) is 2.49. The maximum atomic E-state index is 11.0. The second-order valence-corrected chi connectivity index (χ2v) is 4.68. The van der Waals surface area contributed by atoms with Gasteiger partial charge in [-0.15, -0.1) is 0 Å². The van der Waals surface area contributed by atoms with Crippen LogP contribution in [0.1, 0.15) is 18.3 Å². The molecule has 90 valence electrons. The van der Waals surface area contributed by atoms with Gasteiger partial charge in [-0.3, -0.25) is 9.48 Å². The number of pyridine rings is 1. The highest BCUT2D eigenvalue weighted by Gasteiger charge is 2.12. The van der Waals surface area contributed by atoms with E-state index < -0.39 is 0 Å². The molecule has 2 aromatic heterocycles. The molecule has 0 fully saturated rings. The first-order chi connectivity index (χ1) is 8.11. The molecule has 0 atom stereocenters. The summed E-state index contributed by atoms with van der Waals surface area (Å²) in [5.41, 5.74) is 2.19. The summed E-state index contributed by atoms with van der Waals surface area (Å²) >= 11 is 3.58. The van der Waals surface area contributed by atoms with Crippen LogP contribution in [-0.2, 0) is 20.0 Å². The minimum Gasteiger partial charge on any atom is -0.348 e. The van der Waals surface area contributed by atoms with Gasteiger partial charge in [0.1, 0.15) is 0 Å². The highest BCUT2D eigenvalue weighted by molar-refractivity contribution is 9.10. The van der Waals surface area contributed by atoms with Gasteiger partial charge in [0.05, 0.1) is 22.4 Å². The minimum atomic E-state index is 0.0274. The molecule has 17 heavy (non-hydrogen) atoms. The Kier molecular flexibility index (Phi) is 3.47. The van der Waals surface area contributed by atoms with Crippen LogP contribution in [0.25, 0.3) is 0 Å². The van der Waals surface area contributed by atoms with Crippen LogP contribution >= 0.6 is 15.9 Å². The zero-order valence-corrected chi connectivity index (χ0v) is 11.4. The average molecular weight is 296 g/mol. The molecule has 0 aliphatic heterocycles. The van der Waals surface area contributed by atoms with E-state index in [1.165, 1.54) is 0 Å². The van der Waals surface area contributed by atoms with Crippen LogP contribution in [0.15, 0.2) is 33.8 Å². The van der Waals surface area contributed by atoms with E-state index >= 15 is 0 Å². The Morgan fingerprint density at radius 2 is 2.00 bits per heavy atom. The van der Waals surface area contributed by atoms with Gasteiger partial charge in [-0.2, -0.15) is 5.10 Å². The summed E-state index contributed by atoms with van der Waals surface area (Å²) in [6.07, 6.45) is 4.47. The van der Waals surface area contributed by atoms with E-state index in [9.17, 15) is 4.79 Å². The maximum Gasteiger partial charge on any atom is 0.181 e.